The van der Waals surface area contributed by atoms with Gasteiger partial charge in [-0.05, 0) is 12.8 Å². The number of nitrogens with one attached hydrogen (secondary N) is 1. The van der Waals surface area contributed by atoms with Crippen LogP contribution in [-0.4, -0.2) is 24.5 Å². The van der Waals surface area contributed by atoms with E-state index in [1.54, 1.807) is 6.92 Å². The maximum absolute atomic E-state index is 10.9. The summed E-state index contributed by atoms with van der Waals surface area (Å²) in [6.45, 7) is 1.74. The lowest BCUT2D eigenvalue weighted by Crippen LogP contribution is -2.30. The normalized spacial score (nSPS) is 15.4. The lowest BCUT2D eigenvalue weighted by atomic mass is 10.4. The fourth-order valence-corrected chi connectivity index (χ4v) is 0.709. The Balaban J connectivity index is 2.04. The van der Waals surface area contributed by atoms with E-state index in [0.717, 1.165) is 12.8 Å². The van der Waals surface area contributed by atoms with Crippen LogP contribution in [0.3, 0.4) is 0 Å². The van der Waals surface area contributed by atoms with E-state index in [9.17, 15) is 9.59 Å². The van der Waals surface area contributed by atoms with Gasteiger partial charge in [0.25, 0.3) is 0 Å². The van der Waals surface area contributed by atoms with E-state index in [2.05, 4.69) is 5.32 Å². The molecule has 1 N–H and O–H groups in total. The molecule has 1 amide bonds. The highest BCUT2D eigenvalue weighted by Crippen LogP contribution is 2.23. The van der Waals surface area contributed by atoms with Crippen molar-refractivity contribution in [2.75, 3.05) is 6.54 Å². The molecule has 0 radical (unpaired) electrons. The van der Waals surface area contributed by atoms with Gasteiger partial charge in [0.2, 0.25) is 5.91 Å². The molecule has 1 aliphatic carbocycles. The first-order valence-electron chi connectivity index (χ1n) is 4.18. The zero-order chi connectivity index (χ0) is 8.97. The van der Waals surface area contributed by atoms with Gasteiger partial charge in [0.05, 0.1) is 0 Å². The van der Waals surface area contributed by atoms with Crippen LogP contribution < -0.4 is 5.32 Å². The topological polar surface area (TPSA) is 55.4 Å². The average Bonchev–Trinajstić information content (AvgIpc) is 2.84. The van der Waals surface area contributed by atoms with E-state index in [0.29, 0.717) is 6.42 Å². The molecule has 0 aliphatic heterocycles. The van der Waals surface area contributed by atoms with Crippen molar-refractivity contribution in [3.8, 4) is 0 Å². The Labute approximate surface area is 71.3 Å². The summed E-state index contributed by atoms with van der Waals surface area (Å²) in [6, 6.07) is 0. The van der Waals surface area contributed by atoms with Crippen molar-refractivity contribution in [2.45, 2.75) is 32.3 Å². The standard InChI is InChI=1S/C8H13NO3/c1-2-7(10)9-5-8(11)12-6-3-4-6/h6H,2-5H2,1H3,(H,9,10). The summed E-state index contributed by atoms with van der Waals surface area (Å²) < 4.78 is 4.90. The number of esters is 1. The molecule has 68 valence electrons. The van der Waals surface area contributed by atoms with Crippen LogP contribution in [0.2, 0.25) is 0 Å². The zero-order valence-corrected chi connectivity index (χ0v) is 7.13. The molecule has 0 atom stereocenters. The summed E-state index contributed by atoms with van der Waals surface area (Å²) >= 11 is 0. The first-order valence-corrected chi connectivity index (χ1v) is 4.18. The molecule has 4 heteroatoms. The number of amides is 1. The zero-order valence-electron chi connectivity index (χ0n) is 7.13. The molecule has 0 aromatic heterocycles. The summed E-state index contributed by atoms with van der Waals surface area (Å²) in [5.74, 6) is -0.456. The van der Waals surface area contributed by atoms with Gasteiger partial charge < -0.3 is 10.1 Å². The Morgan fingerprint density at radius 1 is 1.50 bits per heavy atom. The second kappa shape index (κ2) is 4.09. The summed E-state index contributed by atoms with van der Waals surface area (Å²) in [4.78, 5) is 21.6. The molecular weight excluding hydrogens is 158 g/mol. The van der Waals surface area contributed by atoms with Crippen molar-refractivity contribution in [3.05, 3.63) is 0 Å². The smallest absolute Gasteiger partial charge is 0.325 e. The highest BCUT2D eigenvalue weighted by atomic mass is 16.5. The van der Waals surface area contributed by atoms with Crippen LogP contribution in [0.5, 0.6) is 0 Å². The maximum atomic E-state index is 10.9. The number of ether oxygens (including phenoxy) is 1. The number of rotatable bonds is 4. The third-order valence-electron chi connectivity index (χ3n) is 1.57. The SMILES string of the molecule is CCC(=O)NCC(=O)OC1CC1. The molecule has 1 rings (SSSR count). The Morgan fingerprint density at radius 2 is 2.17 bits per heavy atom. The summed E-state index contributed by atoms with van der Waals surface area (Å²) in [7, 11) is 0. The number of hydrogen-bond donors (Lipinski definition) is 1. The van der Waals surface area contributed by atoms with Crippen molar-refractivity contribution in [1.29, 1.82) is 0 Å². The van der Waals surface area contributed by atoms with E-state index >= 15 is 0 Å². The van der Waals surface area contributed by atoms with Crippen molar-refractivity contribution in [1.82, 2.24) is 5.32 Å². The average molecular weight is 171 g/mol. The maximum Gasteiger partial charge on any atom is 0.325 e. The van der Waals surface area contributed by atoms with Gasteiger partial charge in [0.1, 0.15) is 12.6 Å². The van der Waals surface area contributed by atoms with Crippen LogP contribution in [0.25, 0.3) is 0 Å². The van der Waals surface area contributed by atoms with Crippen LogP contribution >= 0.6 is 0 Å². The molecule has 0 spiro atoms. The van der Waals surface area contributed by atoms with Crippen LogP contribution in [0.1, 0.15) is 26.2 Å². The Kier molecular flexibility index (Phi) is 3.08. The molecule has 0 bridgehead atoms. The highest BCUT2D eigenvalue weighted by molar-refractivity contribution is 5.81. The molecule has 0 saturated heterocycles. The Bertz CT molecular complexity index is 187. The van der Waals surface area contributed by atoms with Gasteiger partial charge in [-0.3, -0.25) is 9.59 Å². The number of carbonyl (C=O) groups is 2. The van der Waals surface area contributed by atoms with Gasteiger partial charge in [-0.1, -0.05) is 6.92 Å². The van der Waals surface area contributed by atoms with Crippen LogP contribution in [0, 0.1) is 0 Å². The molecule has 12 heavy (non-hydrogen) atoms. The lowest BCUT2D eigenvalue weighted by molar-refractivity contribution is -0.145. The van der Waals surface area contributed by atoms with Crippen molar-refractivity contribution < 1.29 is 14.3 Å². The summed E-state index contributed by atoms with van der Waals surface area (Å²) in [6.07, 6.45) is 2.45. The predicted octanol–water partition coefficient (Wildman–Crippen LogP) is 0.218. The van der Waals surface area contributed by atoms with Gasteiger partial charge in [0.15, 0.2) is 0 Å². The van der Waals surface area contributed by atoms with Crippen molar-refractivity contribution in [2.24, 2.45) is 0 Å². The van der Waals surface area contributed by atoms with Gasteiger partial charge in [0, 0.05) is 6.42 Å². The van der Waals surface area contributed by atoms with Gasteiger partial charge in [-0.25, -0.2) is 0 Å². The minimum Gasteiger partial charge on any atom is -0.461 e. The molecule has 1 aliphatic rings. The van der Waals surface area contributed by atoms with E-state index in [1.165, 1.54) is 0 Å². The minimum atomic E-state index is -0.334. The molecule has 1 fully saturated rings. The van der Waals surface area contributed by atoms with E-state index in [4.69, 9.17) is 4.74 Å². The second-order valence-corrected chi connectivity index (χ2v) is 2.82. The fraction of sp³-hybridized carbons (Fsp3) is 0.750. The molecule has 1 saturated carbocycles. The van der Waals surface area contributed by atoms with Gasteiger partial charge >= 0.3 is 5.97 Å². The largest absolute Gasteiger partial charge is 0.461 e. The summed E-state index contributed by atoms with van der Waals surface area (Å²) in [5.41, 5.74) is 0. The monoisotopic (exact) mass is 171 g/mol. The predicted molar refractivity (Wildman–Crippen MR) is 42.4 cm³/mol. The molecule has 0 unspecified atom stereocenters. The van der Waals surface area contributed by atoms with Crippen LogP contribution in [-0.2, 0) is 14.3 Å². The number of carbonyl (C=O) groups excluding carboxylic acids is 2. The molecule has 0 heterocycles. The Hall–Kier alpha value is -1.06. The number of hydrogen-bond acceptors (Lipinski definition) is 3. The first-order chi connectivity index (χ1) is 5.72. The quantitative estimate of drug-likeness (QED) is 0.615. The van der Waals surface area contributed by atoms with Crippen molar-refractivity contribution in [3.63, 3.8) is 0 Å². The summed E-state index contributed by atoms with van der Waals surface area (Å²) in [5, 5.41) is 2.45. The first kappa shape index (κ1) is 9.03. The molecule has 4 nitrogen and oxygen atoms in total. The molecule has 0 aromatic carbocycles. The van der Waals surface area contributed by atoms with Gasteiger partial charge in [-0.2, -0.15) is 0 Å². The minimum absolute atomic E-state index is 0.00315. The van der Waals surface area contributed by atoms with Gasteiger partial charge in [-0.15, -0.1) is 0 Å². The fourth-order valence-electron chi connectivity index (χ4n) is 0.709. The van der Waals surface area contributed by atoms with E-state index in [-0.39, 0.29) is 24.5 Å². The second-order valence-electron chi connectivity index (χ2n) is 2.82. The third kappa shape index (κ3) is 3.37. The van der Waals surface area contributed by atoms with E-state index < -0.39 is 0 Å². The molecular formula is C8H13NO3. The van der Waals surface area contributed by atoms with Crippen LogP contribution in [0.15, 0.2) is 0 Å². The highest BCUT2D eigenvalue weighted by Gasteiger charge is 2.25. The third-order valence-corrected chi connectivity index (χ3v) is 1.57. The lowest BCUT2D eigenvalue weighted by Gasteiger charge is -2.03. The molecule has 0 aromatic rings. The van der Waals surface area contributed by atoms with E-state index in [1.807, 2.05) is 0 Å². The van der Waals surface area contributed by atoms with Crippen molar-refractivity contribution >= 4 is 11.9 Å². The van der Waals surface area contributed by atoms with Crippen LogP contribution in [0.4, 0.5) is 0 Å². The Morgan fingerprint density at radius 3 is 2.67 bits per heavy atom.